The van der Waals surface area contributed by atoms with Gasteiger partial charge in [-0.3, -0.25) is 3.97 Å². The van der Waals surface area contributed by atoms with Crippen LogP contribution in [0.2, 0.25) is 19.1 Å². The number of rotatable bonds is 7. The van der Waals surface area contributed by atoms with Gasteiger partial charge in [-0.1, -0.05) is 25.2 Å². The topological polar surface area (TPSA) is 3.24 Å². The third kappa shape index (κ3) is 4.11. The first-order valence-electron chi connectivity index (χ1n) is 5.91. The molecule has 0 rings (SSSR count). The fourth-order valence-corrected chi connectivity index (χ4v) is 12.7. The predicted molar refractivity (Wildman–Crippen MR) is 84.0 cm³/mol. The van der Waals surface area contributed by atoms with Gasteiger partial charge in [0.05, 0.1) is 0 Å². The van der Waals surface area contributed by atoms with E-state index < -0.39 is 18.4 Å². The van der Waals surface area contributed by atoms with Gasteiger partial charge >= 0.3 is 0 Å². The zero-order chi connectivity index (χ0) is 13.0. The third-order valence-corrected chi connectivity index (χ3v) is 11.3. The first-order chi connectivity index (χ1) is 7.19. The second-order valence-electron chi connectivity index (χ2n) is 5.66. The third-order valence-electron chi connectivity index (χ3n) is 2.77. The molecule has 0 saturated heterocycles. The summed E-state index contributed by atoms with van der Waals surface area (Å²) >= 11 is 0. The van der Waals surface area contributed by atoms with Crippen LogP contribution in [0, 0.1) is 0 Å². The van der Waals surface area contributed by atoms with Crippen LogP contribution in [0.25, 0.3) is 0 Å². The van der Waals surface area contributed by atoms with E-state index in [2.05, 4.69) is 68.7 Å². The molecule has 96 valence electrons. The first kappa shape index (κ1) is 16.0. The Hall–Kier alpha value is 0.00688. The Morgan fingerprint density at radius 2 is 1.69 bits per heavy atom. The highest BCUT2D eigenvalue weighted by Crippen LogP contribution is 2.49. The zero-order valence-electron chi connectivity index (χ0n) is 11.9. The Balaban J connectivity index is 5.13. The van der Waals surface area contributed by atoms with Crippen LogP contribution in [0.1, 0.15) is 13.8 Å². The maximum Gasteiger partial charge on any atom is 0.136 e. The molecule has 0 atom stereocenters. The van der Waals surface area contributed by atoms with Crippen molar-refractivity contribution in [1.29, 1.82) is 0 Å². The molecule has 0 fully saturated rings. The Kier molecular flexibility index (Phi) is 6.08. The van der Waals surface area contributed by atoms with E-state index in [9.17, 15) is 0 Å². The highest BCUT2D eigenvalue weighted by Gasteiger charge is 2.36. The van der Waals surface area contributed by atoms with Crippen LogP contribution in [0.3, 0.4) is 0 Å². The molecule has 0 aliphatic carbocycles. The molecule has 0 aromatic heterocycles. The summed E-state index contributed by atoms with van der Waals surface area (Å²) in [5.74, 6) is 1.12. The molecule has 16 heavy (non-hydrogen) atoms. The average molecular weight is 260 g/mol. The minimum absolute atomic E-state index is 0.617. The van der Waals surface area contributed by atoms with Crippen molar-refractivity contribution < 1.29 is 0 Å². The van der Waals surface area contributed by atoms with Crippen molar-refractivity contribution in [3.05, 3.63) is 25.3 Å². The van der Waals surface area contributed by atoms with Crippen LogP contribution >= 0.6 is 10.2 Å². The molecule has 0 amide bonds. The van der Waals surface area contributed by atoms with Crippen molar-refractivity contribution in [3.8, 4) is 0 Å². The molecule has 0 aromatic rings. The van der Waals surface area contributed by atoms with Gasteiger partial charge in [0, 0.05) is 11.8 Å². The van der Waals surface area contributed by atoms with E-state index in [0.717, 1.165) is 5.75 Å². The number of hydrogen-bond donors (Lipinski definition) is 0. The van der Waals surface area contributed by atoms with Crippen LogP contribution in [0.15, 0.2) is 25.3 Å². The average Bonchev–Trinajstić information content (AvgIpc) is 1.99. The molecule has 0 unspecified atom stereocenters. The Labute approximate surface area is 105 Å². The molecule has 0 aliphatic rings. The van der Waals surface area contributed by atoms with Gasteiger partial charge in [0.25, 0.3) is 0 Å². The van der Waals surface area contributed by atoms with E-state index in [-0.39, 0.29) is 0 Å². The lowest BCUT2D eigenvalue weighted by molar-refractivity contribution is 0.541. The monoisotopic (exact) mass is 259 g/mol. The predicted octanol–water partition coefficient (Wildman–Crippen LogP) is 4.25. The standard InChI is InChI=1S/C13H29NSSi/c1-9-11-15(5,6)14(13(3)4)16(7,8)12-10-2/h9-10,13H,1-2,11-12H2,3-8H3. The van der Waals surface area contributed by atoms with Crippen molar-refractivity contribution in [2.75, 3.05) is 18.3 Å². The lowest BCUT2D eigenvalue weighted by Gasteiger charge is -2.53. The number of allylic oxidation sites excluding steroid dienone is 1. The summed E-state index contributed by atoms with van der Waals surface area (Å²) in [4.78, 5) is 0. The van der Waals surface area contributed by atoms with Gasteiger partial charge < -0.3 is 0 Å². The quantitative estimate of drug-likeness (QED) is 0.488. The molecular weight excluding hydrogens is 230 g/mol. The molecule has 0 aliphatic heterocycles. The summed E-state index contributed by atoms with van der Waals surface area (Å²) in [7, 11) is -2.09. The molecule has 3 heteroatoms. The van der Waals surface area contributed by atoms with E-state index in [1.165, 1.54) is 6.04 Å². The molecule has 0 saturated carbocycles. The highest BCUT2D eigenvalue weighted by atomic mass is 32.3. The van der Waals surface area contributed by atoms with Gasteiger partial charge in [0.15, 0.2) is 0 Å². The van der Waals surface area contributed by atoms with Gasteiger partial charge in [-0.15, -0.1) is 13.2 Å². The summed E-state index contributed by atoms with van der Waals surface area (Å²) in [6.45, 7) is 17.4. The highest BCUT2D eigenvalue weighted by molar-refractivity contribution is 8.31. The second-order valence-corrected chi connectivity index (χ2v) is 14.2. The smallest absolute Gasteiger partial charge is 0.136 e. The largest absolute Gasteiger partial charge is 0.285 e. The number of hydrogen-bond acceptors (Lipinski definition) is 1. The molecular formula is C13H29NSSi. The van der Waals surface area contributed by atoms with Crippen LogP contribution < -0.4 is 0 Å². The fraction of sp³-hybridized carbons (Fsp3) is 0.692. The van der Waals surface area contributed by atoms with E-state index in [4.69, 9.17) is 0 Å². The summed E-state index contributed by atoms with van der Waals surface area (Å²) in [6.07, 6.45) is 8.98. The normalized spacial score (nSPS) is 14.2. The molecule has 0 bridgehead atoms. The minimum Gasteiger partial charge on any atom is -0.285 e. The van der Waals surface area contributed by atoms with Crippen LogP contribution in [0.4, 0.5) is 0 Å². The van der Waals surface area contributed by atoms with E-state index in [0.29, 0.717) is 6.04 Å². The summed E-state index contributed by atoms with van der Waals surface area (Å²) in [6, 6.07) is 1.78. The zero-order valence-corrected chi connectivity index (χ0v) is 13.7. The molecule has 0 aromatic carbocycles. The molecule has 0 N–H and O–H groups in total. The SMILES string of the molecule is C=CC[Si](C)(C)N(C(C)C)S(C)(C)CC=C. The Bertz CT molecular complexity index is 224. The van der Waals surface area contributed by atoms with Crippen molar-refractivity contribution in [1.82, 2.24) is 3.97 Å². The first-order valence-corrected chi connectivity index (χ1v) is 11.6. The van der Waals surface area contributed by atoms with Gasteiger partial charge in [-0.25, -0.2) is 0 Å². The van der Waals surface area contributed by atoms with Gasteiger partial charge in [0.2, 0.25) is 0 Å². The van der Waals surface area contributed by atoms with E-state index in [1.807, 2.05) is 0 Å². The molecule has 0 spiro atoms. The van der Waals surface area contributed by atoms with Crippen molar-refractivity contribution >= 4 is 18.4 Å². The van der Waals surface area contributed by atoms with Crippen molar-refractivity contribution in [3.63, 3.8) is 0 Å². The van der Waals surface area contributed by atoms with Gasteiger partial charge in [0.1, 0.15) is 8.24 Å². The van der Waals surface area contributed by atoms with Gasteiger partial charge in [-0.2, -0.15) is 10.2 Å². The second kappa shape index (κ2) is 6.08. The lowest BCUT2D eigenvalue weighted by atomic mass is 10.4. The molecule has 0 radical (unpaired) electrons. The summed E-state index contributed by atoms with van der Waals surface area (Å²) in [5.41, 5.74) is 0. The van der Waals surface area contributed by atoms with Crippen molar-refractivity contribution in [2.45, 2.75) is 39.0 Å². The van der Waals surface area contributed by atoms with Crippen molar-refractivity contribution in [2.24, 2.45) is 0 Å². The lowest BCUT2D eigenvalue weighted by Crippen LogP contribution is -2.52. The fourth-order valence-electron chi connectivity index (χ4n) is 2.75. The van der Waals surface area contributed by atoms with Gasteiger partial charge in [-0.05, 0) is 32.4 Å². The molecule has 1 nitrogen and oxygen atoms in total. The van der Waals surface area contributed by atoms with E-state index >= 15 is 0 Å². The maximum absolute atomic E-state index is 3.91. The maximum atomic E-state index is 3.91. The van der Waals surface area contributed by atoms with Crippen LogP contribution in [0.5, 0.6) is 0 Å². The summed E-state index contributed by atoms with van der Waals surface area (Å²) < 4.78 is 2.80. The summed E-state index contributed by atoms with van der Waals surface area (Å²) in [5, 5.41) is 0. The van der Waals surface area contributed by atoms with E-state index in [1.54, 1.807) is 0 Å². The van der Waals surface area contributed by atoms with Crippen LogP contribution in [-0.2, 0) is 0 Å². The Morgan fingerprint density at radius 1 is 1.19 bits per heavy atom. The number of nitrogens with zero attached hydrogens (tertiary/aromatic N) is 1. The Morgan fingerprint density at radius 3 is 2.00 bits per heavy atom. The van der Waals surface area contributed by atoms with Crippen LogP contribution in [-0.4, -0.2) is 36.5 Å². The molecule has 0 heterocycles. The minimum atomic E-state index is -1.36.